The molecule has 1 aliphatic heterocycles. The van der Waals surface area contributed by atoms with Crippen molar-refractivity contribution in [3.63, 3.8) is 0 Å². The molecule has 2 amide bonds. The van der Waals surface area contributed by atoms with Gasteiger partial charge >= 0.3 is 12.2 Å². The molecule has 1 aromatic rings. The number of hydrogen-bond donors (Lipinski definition) is 2. The maximum absolute atomic E-state index is 12.5. The van der Waals surface area contributed by atoms with Crippen molar-refractivity contribution in [3.05, 3.63) is 29.8 Å². The van der Waals surface area contributed by atoms with Gasteiger partial charge in [0.1, 0.15) is 0 Å². The van der Waals surface area contributed by atoms with E-state index >= 15 is 0 Å². The van der Waals surface area contributed by atoms with Crippen LogP contribution in [0.25, 0.3) is 0 Å². The minimum Gasteiger partial charge on any atom is -0.379 e. The van der Waals surface area contributed by atoms with Crippen LogP contribution in [0.5, 0.6) is 0 Å². The van der Waals surface area contributed by atoms with E-state index in [-0.39, 0.29) is 5.54 Å². The Bertz CT molecular complexity index is 594. The lowest BCUT2D eigenvalue weighted by Crippen LogP contribution is -2.62. The minimum atomic E-state index is -4.38. The molecule has 1 saturated carbocycles. The maximum atomic E-state index is 12.5. The lowest BCUT2D eigenvalue weighted by atomic mass is 9.75. The summed E-state index contributed by atoms with van der Waals surface area (Å²) in [6, 6.07) is 4.01. The van der Waals surface area contributed by atoms with E-state index in [0.29, 0.717) is 25.4 Å². The van der Waals surface area contributed by atoms with Gasteiger partial charge in [-0.1, -0.05) is 0 Å². The van der Waals surface area contributed by atoms with Crippen LogP contribution in [-0.4, -0.2) is 49.3 Å². The van der Waals surface area contributed by atoms with Crippen molar-refractivity contribution in [1.29, 1.82) is 0 Å². The Labute approximate surface area is 144 Å². The molecule has 3 rings (SSSR count). The average Bonchev–Trinajstić information content (AvgIpc) is 2.54. The van der Waals surface area contributed by atoms with Crippen LogP contribution in [0.15, 0.2) is 24.3 Å². The standard InChI is InChI=1S/C17H22F3N3O2/c18-17(19,20)13-2-4-14(5-3-13)22-15(24)21-12-16(6-1-7-16)23-8-10-25-11-9-23/h2-5H,1,6-12H2,(H2,21,22,24). The minimum absolute atomic E-state index is 0.0126. The van der Waals surface area contributed by atoms with Crippen molar-refractivity contribution in [2.24, 2.45) is 0 Å². The van der Waals surface area contributed by atoms with E-state index in [4.69, 9.17) is 4.74 Å². The molecule has 138 valence electrons. The van der Waals surface area contributed by atoms with Crippen LogP contribution in [0.1, 0.15) is 24.8 Å². The Morgan fingerprint density at radius 3 is 2.32 bits per heavy atom. The largest absolute Gasteiger partial charge is 0.416 e. The van der Waals surface area contributed by atoms with Crippen LogP contribution < -0.4 is 10.6 Å². The van der Waals surface area contributed by atoms with E-state index in [1.165, 1.54) is 12.1 Å². The monoisotopic (exact) mass is 357 g/mol. The summed E-state index contributed by atoms with van der Waals surface area (Å²) in [5.74, 6) is 0. The Morgan fingerprint density at radius 1 is 1.16 bits per heavy atom. The van der Waals surface area contributed by atoms with Gasteiger partial charge in [-0.2, -0.15) is 13.2 Å². The fraction of sp³-hybridized carbons (Fsp3) is 0.588. The highest BCUT2D eigenvalue weighted by Gasteiger charge is 2.43. The van der Waals surface area contributed by atoms with Crippen molar-refractivity contribution in [3.8, 4) is 0 Å². The van der Waals surface area contributed by atoms with Crippen LogP contribution in [0.3, 0.4) is 0 Å². The molecule has 25 heavy (non-hydrogen) atoms. The number of nitrogens with one attached hydrogen (secondary N) is 2. The zero-order valence-electron chi connectivity index (χ0n) is 13.9. The highest BCUT2D eigenvalue weighted by Crippen LogP contribution is 2.37. The normalized spacial score (nSPS) is 20.6. The molecule has 1 aliphatic carbocycles. The van der Waals surface area contributed by atoms with Gasteiger partial charge in [-0.15, -0.1) is 0 Å². The van der Waals surface area contributed by atoms with Crippen molar-refractivity contribution in [1.82, 2.24) is 10.2 Å². The lowest BCUT2D eigenvalue weighted by molar-refractivity contribution is -0.137. The van der Waals surface area contributed by atoms with Crippen LogP contribution in [0.2, 0.25) is 0 Å². The molecule has 0 bridgehead atoms. The highest BCUT2D eigenvalue weighted by molar-refractivity contribution is 5.89. The van der Waals surface area contributed by atoms with Crippen LogP contribution >= 0.6 is 0 Å². The Balaban J connectivity index is 1.52. The molecule has 1 aromatic carbocycles. The summed E-state index contributed by atoms with van der Waals surface area (Å²) < 4.78 is 43.0. The van der Waals surface area contributed by atoms with Gasteiger partial charge in [-0.25, -0.2) is 4.79 Å². The second-order valence-corrected chi connectivity index (χ2v) is 6.56. The predicted octanol–water partition coefficient (Wildman–Crippen LogP) is 3.08. The molecule has 0 aromatic heterocycles. The van der Waals surface area contributed by atoms with Gasteiger partial charge in [-0.3, -0.25) is 4.90 Å². The van der Waals surface area contributed by atoms with Crippen molar-refractivity contribution >= 4 is 11.7 Å². The molecule has 1 saturated heterocycles. The summed E-state index contributed by atoms with van der Waals surface area (Å²) in [5, 5.41) is 5.44. The molecule has 0 atom stereocenters. The smallest absolute Gasteiger partial charge is 0.379 e. The zero-order chi connectivity index (χ0) is 17.9. The number of alkyl halides is 3. The van der Waals surface area contributed by atoms with E-state index in [1.807, 2.05) is 0 Å². The number of hydrogen-bond acceptors (Lipinski definition) is 3. The molecular weight excluding hydrogens is 335 g/mol. The number of benzene rings is 1. The van der Waals surface area contributed by atoms with Gasteiger partial charge in [0.25, 0.3) is 0 Å². The van der Waals surface area contributed by atoms with Crippen LogP contribution in [0, 0.1) is 0 Å². The third-order valence-electron chi connectivity index (χ3n) is 5.01. The summed E-state index contributed by atoms with van der Waals surface area (Å²) >= 11 is 0. The fourth-order valence-electron chi connectivity index (χ4n) is 3.39. The number of ether oxygens (including phenoxy) is 1. The molecule has 0 unspecified atom stereocenters. The van der Waals surface area contributed by atoms with Crippen molar-refractivity contribution in [2.75, 3.05) is 38.2 Å². The van der Waals surface area contributed by atoms with Crippen LogP contribution in [0.4, 0.5) is 23.7 Å². The first-order valence-electron chi connectivity index (χ1n) is 8.44. The summed E-state index contributed by atoms with van der Waals surface area (Å²) in [5.41, 5.74) is -0.417. The highest BCUT2D eigenvalue weighted by atomic mass is 19.4. The Morgan fingerprint density at radius 2 is 1.80 bits per heavy atom. The molecule has 8 heteroatoms. The van der Waals surface area contributed by atoms with Crippen molar-refractivity contribution in [2.45, 2.75) is 31.0 Å². The van der Waals surface area contributed by atoms with E-state index < -0.39 is 17.8 Å². The van der Waals surface area contributed by atoms with E-state index in [9.17, 15) is 18.0 Å². The summed E-state index contributed by atoms with van der Waals surface area (Å²) in [6.45, 7) is 3.67. The number of amides is 2. The quantitative estimate of drug-likeness (QED) is 0.871. The Kier molecular flexibility index (Phi) is 5.19. The second kappa shape index (κ2) is 7.21. The van der Waals surface area contributed by atoms with E-state index in [1.54, 1.807) is 0 Å². The van der Waals surface area contributed by atoms with Crippen LogP contribution in [-0.2, 0) is 10.9 Å². The number of rotatable bonds is 4. The van der Waals surface area contributed by atoms with Gasteiger partial charge in [0.15, 0.2) is 0 Å². The average molecular weight is 357 g/mol. The number of carbonyl (C=O) groups excluding carboxylic acids is 1. The first kappa shape index (κ1) is 18.0. The third kappa shape index (κ3) is 4.24. The zero-order valence-corrected chi connectivity index (χ0v) is 13.9. The molecule has 1 heterocycles. The topological polar surface area (TPSA) is 53.6 Å². The lowest BCUT2D eigenvalue weighted by Gasteiger charge is -2.51. The first-order valence-corrected chi connectivity index (χ1v) is 8.44. The third-order valence-corrected chi connectivity index (χ3v) is 5.01. The summed E-state index contributed by atoms with van der Waals surface area (Å²) in [7, 11) is 0. The predicted molar refractivity (Wildman–Crippen MR) is 87.4 cm³/mol. The molecule has 0 radical (unpaired) electrons. The summed E-state index contributed by atoms with van der Waals surface area (Å²) in [6.07, 6.45) is -1.17. The SMILES string of the molecule is O=C(NCC1(N2CCOCC2)CCC1)Nc1ccc(C(F)(F)F)cc1. The first-order chi connectivity index (χ1) is 11.9. The van der Waals surface area contributed by atoms with Gasteiger partial charge in [0, 0.05) is 30.9 Å². The molecule has 2 fully saturated rings. The molecule has 0 spiro atoms. The van der Waals surface area contributed by atoms with Crippen molar-refractivity contribution < 1.29 is 22.7 Å². The van der Waals surface area contributed by atoms with Gasteiger partial charge in [0.2, 0.25) is 0 Å². The molecule has 5 nitrogen and oxygen atoms in total. The van der Waals surface area contributed by atoms with E-state index in [2.05, 4.69) is 15.5 Å². The van der Waals surface area contributed by atoms with Gasteiger partial charge in [0.05, 0.1) is 18.8 Å². The molecular formula is C17H22F3N3O2. The van der Waals surface area contributed by atoms with Gasteiger partial charge in [-0.05, 0) is 43.5 Å². The number of carbonyl (C=O) groups is 1. The maximum Gasteiger partial charge on any atom is 0.416 e. The fourth-order valence-corrected chi connectivity index (χ4v) is 3.39. The number of anilines is 1. The molecule has 2 aliphatic rings. The Hall–Kier alpha value is -1.80. The number of nitrogens with zero attached hydrogens (tertiary/aromatic N) is 1. The van der Waals surface area contributed by atoms with Gasteiger partial charge < -0.3 is 15.4 Å². The number of halogens is 3. The van der Waals surface area contributed by atoms with E-state index in [0.717, 1.165) is 44.5 Å². The molecule has 2 N–H and O–H groups in total. The number of urea groups is 1. The number of morpholine rings is 1. The summed E-state index contributed by atoms with van der Waals surface area (Å²) in [4.78, 5) is 14.4. The second-order valence-electron chi connectivity index (χ2n) is 6.56.